The minimum Gasteiger partial charge on any atom is -0.488 e. The summed E-state index contributed by atoms with van der Waals surface area (Å²) in [4.78, 5) is 12.1. The van der Waals surface area contributed by atoms with Crippen molar-refractivity contribution >= 4 is 28.1 Å². The van der Waals surface area contributed by atoms with E-state index in [-0.39, 0.29) is 12.5 Å². The summed E-state index contributed by atoms with van der Waals surface area (Å²) in [5, 5.41) is 4.05. The van der Waals surface area contributed by atoms with Crippen LogP contribution >= 0.6 is 15.9 Å². The summed E-state index contributed by atoms with van der Waals surface area (Å²) < 4.78 is 12.4. The second-order valence-electron chi connectivity index (χ2n) is 6.74. The summed E-state index contributed by atoms with van der Waals surface area (Å²) in [6.45, 7) is 4.30. The smallest absolute Gasteiger partial charge is 0.277 e. The number of aryl methyl sites for hydroxylation is 1. The first kappa shape index (κ1) is 21.6. The van der Waals surface area contributed by atoms with Gasteiger partial charge < -0.3 is 9.47 Å². The molecule has 0 spiro atoms. The van der Waals surface area contributed by atoms with E-state index in [2.05, 4.69) is 26.5 Å². The first-order valence-corrected chi connectivity index (χ1v) is 10.3. The number of rotatable bonds is 8. The van der Waals surface area contributed by atoms with Gasteiger partial charge in [-0.2, -0.15) is 5.10 Å². The third-order valence-corrected chi connectivity index (χ3v) is 5.01. The van der Waals surface area contributed by atoms with Crippen LogP contribution < -0.4 is 14.9 Å². The highest BCUT2D eigenvalue weighted by atomic mass is 79.9. The molecular weight excluding hydrogens is 444 g/mol. The minimum atomic E-state index is -0.339. The Kier molecular flexibility index (Phi) is 7.63. The number of carbonyl (C=O) groups excluding carboxylic acids is 1. The third kappa shape index (κ3) is 6.19. The monoisotopic (exact) mass is 466 g/mol. The van der Waals surface area contributed by atoms with Crippen molar-refractivity contribution in [1.82, 2.24) is 5.43 Å². The van der Waals surface area contributed by atoms with Gasteiger partial charge >= 0.3 is 0 Å². The number of amides is 1. The molecule has 0 heterocycles. The fraction of sp³-hybridized carbons (Fsp3) is 0.167. The molecule has 0 aliphatic carbocycles. The zero-order chi connectivity index (χ0) is 21.3. The Morgan fingerprint density at radius 3 is 2.60 bits per heavy atom. The molecule has 0 unspecified atom stereocenters. The van der Waals surface area contributed by atoms with Crippen molar-refractivity contribution in [2.45, 2.75) is 20.5 Å². The van der Waals surface area contributed by atoms with Gasteiger partial charge in [-0.15, -0.1) is 0 Å². The van der Waals surface area contributed by atoms with Gasteiger partial charge in [0.15, 0.2) is 6.61 Å². The molecule has 0 fully saturated rings. The van der Waals surface area contributed by atoms with Gasteiger partial charge in [0.1, 0.15) is 18.1 Å². The van der Waals surface area contributed by atoms with Crippen LogP contribution in [0.3, 0.4) is 0 Å². The summed E-state index contributed by atoms with van der Waals surface area (Å²) >= 11 is 3.45. The number of hydrazone groups is 1. The van der Waals surface area contributed by atoms with Gasteiger partial charge in [-0.05, 0) is 54.8 Å². The highest BCUT2D eigenvalue weighted by Gasteiger charge is 2.07. The SMILES string of the molecule is Cc1cccc(OCC(=O)N/N=C\c2cc(Br)ccc2OCc2ccccc2)c1C. The molecule has 0 atom stereocenters. The number of nitrogens with one attached hydrogen (secondary N) is 1. The van der Waals surface area contributed by atoms with Gasteiger partial charge in [0, 0.05) is 10.0 Å². The van der Waals surface area contributed by atoms with Crippen molar-refractivity contribution < 1.29 is 14.3 Å². The standard InChI is InChI=1S/C24H23BrN2O3/c1-17-7-6-10-22(18(17)2)30-16-24(28)27-26-14-20-13-21(25)11-12-23(20)29-15-19-8-4-3-5-9-19/h3-14H,15-16H2,1-2H3,(H,27,28)/b26-14-. The van der Waals surface area contributed by atoms with Crippen LogP contribution in [0.5, 0.6) is 11.5 Å². The number of ether oxygens (including phenoxy) is 2. The van der Waals surface area contributed by atoms with E-state index < -0.39 is 0 Å². The largest absolute Gasteiger partial charge is 0.488 e. The molecular formula is C24H23BrN2O3. The normalized spacial score (nSPS) is 10.8. The molecule has 30 heavy (non-hydrogen) atoms. The van der Waals surface area contributed by atoms with Crippen molar-refractivity contribution in [1.29, 1.82) is 0 Å². The number of hydrogen-bond donors (Lipinski definition) is 1. The summed E-state index contributed by atoms with van der Waals surface area (Å²) in [6, 6.07) is 21.3. The maximum absolute atomic E-state index is 12.1. The maximum Gasteiger partial charge on any atom is 0.277 e. The molecule has 3 aromatic carbocycles. The van der Waals surface area contributed by atoms with E-state index >= 15 is 0 Å². The lowest BCUT2D eigenvalue weighted by molar-refractivity contribution is -0.123. The van der Waals surface area contributed by atoms with E-state index in [0.717, 1.165) is 26.7 Å². The lowest BCUT2D eigenvalue weighted by Gasteiger charge is -2.10. The Labute approximate surface area is 184 Å². The zero-order valence-electron chi connectivity index (χ0n) is 16.9. The number of hydrogen-bond acceptors (Lipinski definition) is 4. The number of nitrogens with zero attached hydrogens (tertiary/aromatic N) is 1. The molecule has 154 valence electrons. The van der Waals surface area contributed by atoms with Gasteiger partial charge in [0.2, 0.25) is 0 Å². The Balaban J connectivity index is 1.57. The molecule has 0 saturated heterocycles. The van der Waals surface area contributed by atoms with E-state index in [9.17, 15) is 4.79 Å². The molecule has 1 N–H and O–H groups in total. The third-order valence-electron chi connectivity index (χ3n) is 4.52. The van der Waals surface area contributed by atoms with Crippen LogP contribution in [0.25, 0.3) is 0 Å². The fourth-order valence-electron chi connectivity index (χ4n) is 2.72. The highest BCUT2D eigenvalue weighted by Crippen LogP contribution is 2.23. The molecule has 0 bridgehead atoms. The van der Waals surface area contributed by atoms with Gasteiger partial charge in [0.05, 0.1) is 6.21 Å². The summed E-state index contributed by atoms with van der Waals surface area (Å²) in [5.41, 5.74) is 6.44. The summed E-state index contributed by atoms with van der Waals surface area (Å²) in [5.74, 6) is 1.03. The molecule has 1 amide bonds. The minimum absolute atomic E-state index is 0.114. The second-order valence-corrected chi connectivity index (χ2v) is 7.65. The van der Waals surface area contributed by atoms with Crippen molar-refractivity contribution in [3.63, 3.8) is 0 Å². The molecule has 3 rings (SSSR count). The molecule has 6 heteroatoms. The van der Waals surface area contributed by atoms with E-state index in [1.165, 1.54) is 0 Å². The summed E-state index contributed by atoms with van der Waals surface area (Å²) in [6.07, 6.45) is 1.56. The van der Waals surface area contributed by atoms with E-state index in [4.69, 9.17) is 9.47 Å². The first-order chi connectivity index (χ1) is 14.5. The quantitative estimate of drug-likeness (QED) is 0.367. The molecule has 5 nitrogen and oxygen atoms in total. The average molecular weight is 467 g/mol. The second kappa shape index (κ2) is 10.6. The molecule has 0 aliphatic heterocycles. The van der Waals surface area contributed by atoms with Gasteiger partial charge in [0.25, 0.3) is 5.91 Å². The lowest BCUT2D eigenvalue weighted by Crippen LogP contribution is -2.24. The van der Waals surface area contributed by atoms with E-state index in [0.29, 0.717) is 18.1 Å². The lowest BCUT2D eigenvalue weighted by atomic mass is 10.1. The molecule has 0 aliphatic rings. The van der Waals surface area contributed by atoms with Crippen molar-refractivity contribution in [3.05, 3.63) is 93.5 Å². The van der Waals surface area contributed by atoms with Crippen LogP contribution in [0.1, 0.15) is 22.3 Å². The maximum atomic E-state index is 12.1. The van der Waals surface area contributed by atoms with Crippen molar-refractivity contribution in [2.24, 2.45) is 5.10 Å². The van der Waals surface area contributed by atoms with Crippen LogP contribution in [0.15, 0.2) is 76.3 Å². The molecule has 3 aromatic rings. The topological polar surface area (TPSA) is 59.9 Å². The number of halogens is 1. The zero-order valence-corrected chi connectivity index (χ0v) is 18.5. The van der Waals surface area contributed by atoms with Gasteiger partial charge in [-0.25, -0.2) is 5.43 Å². The molecule has 0 radical (unpaired) electrons. The van der Waals surface area contributed by atoms with Crippen LogP contribution in [0, 0.1) is 13.8 Å². The van der Waals surface area contributed by atoms with Gasteiger partial charge in [-0.1, -0.05) is 58.4 Å². The van der Waals surface area contributed by atoms with Crippen LogP contribution in [-0.4, -0.2) is 18.7 Å². The van der Waals surface area contributed by atoms with E-state index in [1.54, 1.807) is 6.21 Å². The van der Waals surface area contributed by atoms with Crippen LogP contribution in [-0.2, 0) is 11.4 Å². The Hall–Kier alpha value is -3.12. The van der Waals surface area contributed by atoms with E-state index in [1.807, 2.05) is 80.6 Å². The average Bonchev–Trinajstić information content (AvgIpc) is 2.75. The predicted octanol–water partition coefficient (Wildman–Crippen LogP) is 5.17. The van der Waals surface area contributed by atoms with Gasteiger partial charge in [-0.3, -0.25) is 4.79 Å². The van der Waals surface area contributed by atoms with Crippen molar-refractivity contribution in [2.75, 3.05) is 6.61 Å². The fourth-order valence-corrected chi connectivity index (χ4v) is 3.10. The number of benzene rings is 3. The van der Waals surface area contributed by atoms with Crippen LogP contribution in [0.2, 0.25) is 0 Å². The Morgan fingerprint density at radius 1 is 1.00 bits per heavy atom. The Bertz CT molecular complexity index is 1040. The van der Waals surface area contributed by atoms with Crippen LogP contribution in [0.4, 0.5) is 0 Å². The number of carbonyl (C=O) groups is 1. The Morgan fingerprint density at radius 2 is 1.80 bits per heavy atom. The van der Waals surface area contributed by atoms with Crippen molar-refractivity contribution in [3.8, 4) is 11.5 Å². The molecule has 0 saturated carbocycles. The summed E-state index contributed by atoms with van der Waals surface area (Å²) in [7, 11) is 0. The highest BCUT2D eigenvalue weighted by molar-refractivity contribution is 9.10. The first-order valence-electron chi connectivity index (χ1n) is 9.50. The predicted molar refractivity (Wildman–Crippen MR) is 122 cm³/mol. The molecule has 0 aromatic heterocycles.